The van der Waals surface area contributed by atoms with E-state index in [1.165, 1.54) is 0 Å². The fourth-order valence-corrected chi connectivity index (χ4v) is 2.53. The molecule has 18 heavy (non-hydrogen) atoms. The van der Waals surface area contributed by atoms with Crippen molar-refractivity contribution >= 4 is 40.5 Å². The quantitative estimate of drug-likeness (QED) is 0.781. The molecule has 0 aromatic heterocycles. The zero-order valence-corrected chi connectivity index (χ0v) is 12.1. The molecule has 0 fully saturated rings. The molecule has 0 saturated carbocycles. The van der Waals surface area contributed by atoms with Crippen molar-refractivity contribution in [2.75, 3.05) is 5.32 Å². The first kappa shape index (κ1) is 13.5. The van der Waals surface area contributed by atoms with Crippen LogP contribution in [0.2, 0.25) is 15.1 Å². The first-order valence-electron chi connectivity index (χ1n) is 5.49. The zero-order chi connectivity index (χ0) is 13.1. The van der Waals surface area contributed by atoms with Crippen molar-refractivity contribution in [1.29, 1.82) is 0 Å². The van der Waals surface area contributed by atoms with Gasteiger partial charge in [0.1, 0.15) is 0 Å². The Morgan fingerprint density at radius 1 is 0.889 bits per heavy atom. The minimum atomic E-state index is 0.645. The van der Waals surface area contributed by atoms with Gasteiger partial charge in [0.15, 0.2) is 0 Å². The Labute approximate surface area is 122 Å². The molecular weight excluding hydrogens is 289 g/mol. The van der Waals surface area contributed by atoms with Crippen LogP contribution >= 0.6 is 34.8 Å². The molecule has 0 aliphatic carbocycles. The van der Waals surface area contributed by atoms with Gasteiger partial charge >= 0.3 is 0 Å². The van der Waals surface area contributed by atoms with Crippen molar-refractivity contribution in [3.8, 4) is 0 Å². The Kier molecular flexibility index (Phi) is 4.39. The smallest absolute Gasteiger partial charge is 0.0424 e. The Hall–Kier alpha value is -0.890. The Morgan fingerprint density at radius 3 is 2.17 bits per heavy atom. The summed E-state index contributed by atoms with van der Waals surface area (Å²) in [6, 6.07) is 11.3. The number of nitrogens with one attached hydrogen (secondary N) is 1. The predicted molar refractivity (Wildman–Crippen MR) is 80.0 cm³/mol. The standard InChI is InChI=1S/C14H12Cl3N/c1-9-4-11(15)2-3-14(9)18-8-10-5-12(16)7-13(17)6-10/h2-7,18H,8H2,1H3. The molecule has 94 valence electrons. The summed E-state index contributed by atoms with van der Waals surface area (Å²) in [7, 11) is 0. The van der Waals surface area contributed by atoms with E-state index in [1.54, 1.807) is 6.07 Å². The van der Waals surface area contributed by atoms with E-state index in [-0.39, 0.29) is 0 Å². The van der Waals surface area contributed by atoms with Crippen LogP contribution in [0.5, 0.6) is 0 Å². The number of aryl methyl sites for hydroxylation is 1. The highest BCUT2D eigenvalue weighted by molar-refractivity contribution is 6.34. The fourth-order valence-electron chi connectivity index (χ4n) is 1.74. The second kappa shape index (κ2) is 5.83. The molecule has 0 atom stereocenters. The fraction of sp³-hybridized carbons (Fsp3) is 0.143. The van der Waals surface area contributed by atoms with Crippen LogP contribution in [0.1, 0.15) is 11.1 Å². The van der Waals surface area contributed by atoms with E-state index < -0.39 is 0 Å². The molecule has 0 aliphatic rings. The Morgan fingerprint density at radius 2 is 1.56 bits per heavy atom. The van der Waals surface area contributed by atoms with Gasteiger partial charge in [0, 0.05) is 27.3 Å². The summed E-state index contributed by atoms with van der Waals surface area (Å²) in [6.45, 7) is 2.68. The lowest BCUT2D eigenvalue weighted by Gasteiger charge is -2.10. The van der Waals surface area contributed by atoms with Crippen molar-refractivity contribution in [2.24, 2.45) is 0 Å². The highest BCUT2D eigenvalue weighted by Gasteiger charge is 2.01. The zero-order valence-electron chi connectivity index (χ0n) is 9.81. The van der Waals surface area contributed by atoms with Crippen LogP contribution in [-0.4, -0.2) is 0 Å². The lowest BCUT2D eigenvalue weighted by molar-refractivity contribution is 1.14. The van der Waals surface area contributed by atoms with Gasteiger partial charge in [-0.05, 0) is 54.4 Å². The molecule has 0 radical (unpaired) electrons. The summed E-state index contributed by atoms with van der Waals surface area (Å²) >= 11 is 17.8. The van der Waals surface area contributed by atoms with Crippen molar-refractivity contribution in [3.05, 3.63) is 62.6 Å². The first-order valence-corrected chi connectivity index (χ1v) is 6.63. The second-order valence-electron chi connectivity index (χ2n) is 4.09. The van der Waals surface area contributed by atoms with E-state index in [2.05, 4.69) is 5.32 Å². The molecule has 0 heterocycles. The topological polar surface area (TPSA) is 12.0 Å². The largest absolute Gasteiger partial charge is 0.381 e. The summed E-state index contributed by atoms with van der Waals surface area (Å²) < 4.78 is 0. The average molecular weight is 301 g/mol. The number of halogens is 3. The molecule has 4 heteroatoms. The third-order valence-corrected chi connectivity index (χ3v) is 3.27. The van der Waals surface area contributed by atoms with Gasteiger partial charge in [0.2, 0.25) is 0 Å². The minimum absolute atomic E-state index is 0.645. The minimum Gasteiger partial charge on any atom is -0.381 e. The Balaban J connectivity index is 2.11. The maximum Gasteiger partial charge on any atom is 0.0424 e. The average Bonchev–Trinajstić information content (AvgIpc) is 2.26. The summed E-state index contributed by atoms with van der Waals surface area (Å²) in [6.07, 6.45) is 0. The van der Waals surface area contributed by atoms with Crippen molar-refractivity contribution in [1.82, 2.24) is 0 Å². The number of hydrogen-bond acceptors (Lipinski definition) is 1. The van der Waals surface area contributed by atoms with Crippen LogP contribution in [0.15, 0.2) is 36.4 Å². The van der Waals surface area contributed by atoms with Gasteiger partial charge in [-0.2, -0.15) is 0 Å². The van der Waals surface area contributed by atoms with E-state index in [4.69, 9.17) is 34.8 Å². The number of benzene rings is 2. The van der Waals surface area contributed by atoms with Gasteiger partial charge in [-0.1, -0.05) is 34.8 Å². The molecule has 2 aromatic carbocycles. The third-order valence-electron chi connectivity index (χ3n) is 2.59. The van der Waals surface area contributed by atoms with Gasteiger partial charge in [-0.3, -0.25) is 0 Å². The molecule has 2 rings (SSSR count). The van der Waals surface area contributed by atoms with Crippen LogP contribution in [0.25, 0.3) is 0 Å². The van der Waals surface area contributed by atoms with Crippen molar-refractivity contribution in [3.63, 3.8) is 0 Å². The van der Waals surface area contributed by atoms with Crippen LogP contribution in [0, 0.1) is 6.92 Å². The summed E-state index contributed by atoms with van der Waals surface area (Å²) in [5, 5.41) is 5.37. The van der Waals surface area contributed by atoms with Gasteiger partial charge < -0.3 is 5.32 Å². The number of rotatable bonds is 3. The Bertz CT molecular complexity index is 547. The maximum absolute atomic E-state index is 5.95. The van der Waals surface area contributed by atoms with E-state index in [1.807, 2.05) is 37.3 Å². The summed E-state index contributed by atoms with van der Waals surface area (Å²) in [5.74, 6) is 0. The predicted octanol–water partition coefficient (Wildman–Crippen LogP) is 5.57. The maximum atomic E-state index is 5.95. The molecule has 0 spiro atoms. The van der Waals surface area contributed by atoms with Crippen LogP contribution in [-0.2, 0) is 6.54 Å². The third kappa shape index (κ3) is 3.55. The summed E-state index contributed by atoms with van der Waals surface area (Å²) in [4.78, 5) is 0. The SMILES string of the molecule is Cc1cc(Cl)ccc1NCc1cc(Cl)cc(Cl)c1. The molecule has 0 unspecified atom stereocenters. The van der Waals surface area contributed by atoms with Crippen molar-refractivity contribution < 1.29 is 0 Å². The normalized spacial score (nSPS) is 10.4. The number of hydrogen-bond donors (Lipinski definition) is 1. The lowest BCUT2D eigenvalue weighted by atomic mass is 10.2. The molecule has 0 amide bonds. The molecule has 0 saturated heterocycles. The van der Waals surface area contributed by atoms with Crippen molar-refractivity contribution in [2.45, 2.75) is 13.5 Å². The van der Waals surface area contributed by atoms with Gasteiger partial charge in [0.25, 0.3) is 0 Å². The summed E-state index contributed by atoms with van der Waals surface area (Å²) in [5.41, 5.74) is 3.20. The highest BCUT2D eigenvalue weighted by Crippen LogP contribution is 2.22. The molecule has 2 aromatic rings. The second-order valence-corrected chi connectivity index (χ2v) is 5.40. The van der Waals surface area contributed by atoms with Crippen LogP contribution < -0.4 is 5.32 Å². The molecule has 1 N–H and O–H groups in total. The number of anilines is 1. The van der Waals surface area contributed by atoms with Crippen LogP contribution in [0.4, 0.5) is 5.69 Å². The van der Waals surface area contributed by atoms with Crippen LogP contribution in [0.3, 0.4) is 0 Å². The molecule has 1 nitrogen and oxygen atoms in total. The van der Waals surface area contributed by atoms with Gasteiger partial charge in [-0.25, -0.2) is 0 Å². The molecule has 0 bridgehead atoms. The lowest BCUT2D eigenvalue weighted by Crippen LogP contribution is -2.01. The van der Waals surface area contributed by atoms with Gasteiger partial charge in [0.05, 0.1) is 0 Å². The van der Waals surface area contributed by atoms with E-state index in [9.17, 15) is 0 Å². The first-order chi connectivity index (χ1) is 8.54. The van der Waals surface area contributed by atoms with E-state index >= 15 is 0 Å². The van der Waals surface area contributed by atoms with E-state index in [0.717, 1.165) is 21.8 Å². The monoisotopic (exact) mass is 299 g/mol. The molecule has 0 aliphatic heterocycles. The highest BCUT2D eigenvalue weighted by atomic mass is 35.5. The van der Waals surface area contributed by atoms with E-state index in [0.29, 0.717) is 16.6 Å². The van der Waals surface area contributed by atoms with Gasteiger partial charge in [-0.15, -0.1) is 0 Å². The molecular formula is C14H12Cl3N.